The SMILES string of the molecule is Cn1ncc(Cl)c1S(=O)(=O)NCCCCCl. The highest BCUT2D eigenvalue weighted by Crippen LogP contribution is 2.19. The lowest BCUT2D eigenvalue weighted by Crippen LogP contribution is -2.27. The fourth-order valence-corrected chi connectivity index (χ4v) is 3.11. The first kappa shape index (κ1) is 13.8. The molecule has 92 valence electrons. The van der Waals surface area contributed by atoms with Gasteiger partial charge >= 0.3 is 0 Å². The van der Waals surface area contributed by atoms with E-state index in [4.69, 9.17) is 23.2 Å². The summed E-state index contributed by atoms with van der Waals surface area (Å²) in [6.07, 6.45) is 2.76. The van der Waals surface area contributed by atoms with Gasteiger partial charge in [0, 0.05) is 19.5 Å². The van der Waals surface area contributed by atoms with Gasteiger partial charge < -0.3 is 0 Å². The Morgan fingerprint density at radius 1 is 1.50 bits per heavy atom. The van der Waals surface area contributed by atoms with E-state index in [1.165, 1.54) is 17.9 Å². The summed E-state index contributed by atoms with van der Waals surface area (Å²) in [4.78, 5) is 0. The summed E-state index contributed by atoms with van der Waals surface area (Å²) in [6.45, 7) is 0.344. The lowest BCUT2D eigenvalue weighted by molar-refractivity contribution is 0.560. The smallest absolute Gasteiger partial charge is 0.255 e. The molecule has 0 atom stereocenters. The molecule has 0 aliphatic carbocycles. The van der Waals surface area contributed by atoms with Crippen LogP contribution in [0.15, 0.2) is 11.2 Å². The van der Waals surface area contributed by atoms with Crippen LogP contribution in [0.2, 0.25) is 5.02 Å². The molecule has 5 nitrogen and oxygen atoms in total. The predicted octanol–water partition coefficient (Wildman–Crippen LogP) is 1.37. The van der Waals surface area contributed by atoms with Gasteiger partial charge in [0.1, 0.15) is 0 Å². The molecule has 1 N–H and O–H groups in total. The molecular formula is C8H13Cl2N3O2S. The van der Waals surface area contributed by atoms with E-state index in [1.54, 1.807) is 0 Å². The van der Waals surface area contributed by atoms with Gasteiger partial charge in [0.15, 0.2) is 5.03 Å². The molecule has 1 rings (SSSR count). The summed E-state index contributed by atoms with van der Waals surface area (Å²) < 4.78 is 27.3. The molecule has 0 aliphatic rings. The summed E-state index contributed by atoms with van der Waals surface area (Å²) in [5.74, 6) is 0.522. The number of nitrogens with zero attached hydrogens (tertiary/aromatic N) is 2. The van der Waals surface area contributed by atoms with E-state index in [0.717, 1.165) is 6.42 Å². The van der Waals surface area contributed by atoms with Gasteiger partial charge in [-0.15, -0.1) is 11.6 Å². The van der Waals surface area contributed by atoms with Crippen molar-refractivity contribution in [1.82, 2.24) is 14.5 Å². The number of aryl methyl sites for hydroxylation is 1. The molecule has 0 unspecified atom stereocenters. The van der Waals surface area contributed by atoms with Crippen molar-refractivity contribution in [2.45, 2.75) is 17.9 Å². The van der Waals surface area contributed by atoms with Crippen LogP contribution in [0.25, 0.3) is 0 Å². The van der Waals surface area contributed by atoms with E-state index in [1.807, 2.05) is 0 Å². The highest BCUT2D eigenvalue weighted by molar-refractivity contribution is 7.89. The van der Waals surface area contributed by atoms with Crippen LogP contribution >= 0.6 is 23.2 Å². The van der Waals surface area contributed by atoms with Crippen LogP contribution < -0.4 is 4.72 Å². The van der Waals surface area contributed by atoms with E-state index >= 15 is 0 Å². The van der Waals surface area contributed by atoms with Crippen LogP contribution in [0.1, 0.15) is 12.8 Å². The minimum atomic E-state index is -3.58. The van der Waals surface area contributed by atoms with E-state index in [9.17, 15) is 8.42 Å². The van der Waals surface area contributed by atoms with Gasteiger partial charge in [-0.05, 0) is 12.8 Å². The number of hydrogen-bond donors (Lipinski definition) is 1. The van der Waals surface area contributed by atoms with Gasteiger partial charge in [-0.2, -0.15) is 5.10 Å². The first-order valence-corrected chi connectivity index (χ1v) is 7.11. The second-order valence-electron chi connectivity index (χ2n) is 3.22. The largest absolute Gasteiger partial charge is 0.259 e. The normalized spacial score (nSPS) is 11.9. The number of hydrogen-bond acceptors (Lipinski definition) is 3. The summed E-state index contributed by atoms with van der Waals surface area (Å²) in [7, 11) is -2.06. The molecule has 1 aromatic rings. The molecule has 1 aromatic heterocycles. The first-order valence-electron chi connectivity index (χ1n) is 4.72. The van der Waals surface area contributed by atoms with Crippen LogP contribution in [0.5, 0.6) is 0 Å². The van der Waals surface area contributed by atoms with Crippen LogP contribution in [0.3, 0.4) is 0 Å². The standard InChI is InChI=1S/C8H13Cl2N3O2S/c1-13-8(7(10)6-11-13)16(14,15)12-5-3-2-4-9/h6,12H,2-5H2,1H3. The van der Waals surface area contributed by atoms with Gasteiger partial charge in [0.25, 0.3) is 10.0 Å². The maximum Gasteiger partial charge on any atom is 0.259 e. The first-order chi connectivity index (χ1) is 7.49. The number of alkyl halides is 1. The van der Waals surface area contributed by atoms with Gasteiger partial charge in [-0.3, -0.25) is 4.68 Å². The third-order valence-electron chi connectivity index (χ3n) is 1.95. The third-order valence-corrected chi connectivity index (χ3v) is 4.18. The number of sulfonamides is 1. The Kier molecular flexibility index (Phi) is 5.04. The van der Waals surface area contributed by atoms with Crippen LogP contribution in [-0.2, 0) is 17.1 Å². The highest BCUT2D eigenvalue weighted by Gasteiger charge is 2.21. The third kappa shape index (κ3) is 3.35. The molecule has 0 spiro atoms. The van der Waals surface area contributed by atoms with Gasteiger partial charge in [-0.1, -0.05) is 11.6 Å². The molecule has 0 aromatic carbocycles. The molecule has 8 heteroatoms. The van der Waals surface area contributed by atoms with Gasteiger partial charge in [0.2, 0.25) is 0 Å². The second kappa shape index (κ2) is 5.86. The van der Waals surface area contributed by atoms with Crippen molar-refractivity contribution in [1.29, 1.82) is 0 Å². The molecule has 16 heavy (non-hydrogen) atoms. The minimum absolute atomic E-state index is 0.0139. The van der Waals surface area contributed by atoms with Crippen molar-refractivity contribution >= 4 is 33.2 Å². The van der Waals surface area contributed by atoms with Crippen LogP contribution in [0.4, 0.5) is 0 Å². The second-order valence-corrected chi connectivity index (χ2v) is 5.68. The number of halogens is 2. The molecule has 0 fully saturated rings. The van der Waals surface area contributed by atoms with E-state index in [-0.39, 0.29) is 10.0 Å². The van der Waals surface area contributed by atoms with Crippen molar-refractivity contribution in [3.63, 3.8) is 0 Å². The molecule has 0 amide bonds. The molecule has 0 bridgehead atoms. The highest BCUT2D eigenvalue weighted by atomic mass is 35.5. The van der Waals surface area contributed by atoms with Crippen LogP contribution in [-0.4, -0.2) is 30.6 Å². The molecular weight excluding hydrogens is 273 g/mol. The lowest BCUT2D eigenvalue weighted by Gasteiger charge is -2.06. The molecule has 0 saturated heterocycles. The zero-order valence-electron chi connectivity index (χ0n) is 8.78. The minimum Gasteiger partial charge on any atom is -0.255 e. The van der Waals surface area contributed by atoms with E-state index in [2.05, 4.69) is 9.82 Å². The summed E-state index contributed by atoms with van der Waals surface area (Å²) in [6, 6.07) is 0. The molecule has 0 saturated carbocycles. The zero-order chi connectivity index (χ0) is 12.2. The Balaban J connectivity index is 2.71. The Labute approximate surface area is 105 Å². The number of aromatic nitrogens is 2. The Morgan fingerprint density at radius 2 is 2.19 bits per heavy atom. The number of rotatable bonds is 6. The average molecular weight is 286 g/mol. The summed E-state index contributed by atoms with van der Waals surface area (Å²) in [5, 5.41) is 3.88. The predicted molar refractivity (Wildman–Crippen MR) is 63.4 cm³/mol. The van der Waals surface area contributed by atoms with Crippen molar-refractivity contribution in [3.05, 3.63) is 11.2 Å². The molecule has 0 radical (unpaired) electrons. The maximum absolute atomic E-state index is 11.8. The van der Waals surface area contributed by atoms with Crippen molar-refractivity contribution in [3.8, 4) is 0 Å². The van der Waals surface area contributed by atoms with Crippen molar-refractivity contribution in [2.75, 3.05) is 12.4 Å². The fraction of sp³-hybridized carbons (Fsp3) is 0.625. The number of unbranched alkanes of at least 4 members (excludes halogenated alkanes) is 1. The monoisotopic (exact) mass is 285 g/mol. The zero-order valence-corrected chi connectivity index (χ0v) is 11.1. The van der Waals surface area contributed by atoms with Gasteiger partial charge in [-0.25, -0.2) is 13.1 Å². The quantitative estimate of drug-likeness (QED) is 0.634. The van der Waals surface area contributed by atoms with Gasteiger partial charge in [0.05, 0.1) is 11.2 Å². The van der Waals surface area contributed by atoms with E-state index in [0.29, 0.717) is 18.8 Å². The molecule has 1 heterocycles. The summed E-state index contributed by atoms with van der Waals surface area (Å²) in [5.41, 5.74) is 0. The van der Waals surface area contributed by atoms with Crippen LogP contribution in [0, 0.1) is 0 Å². The fourth-order valence-electron chi connectivity index (χ4n) is 1.20. The Bertz CT molecular complexity index is 425. The lowest BCUT2D eigenvalue weighted by atomic mass is 10.3. The summed E-state index contributed by atoms with van der Waals surface area (Å²) >= 11 is 11.2. The Hall–Kier alpha value is -0.300. The topological polar surface area (TPSA) is 64.0 Å². The average Bonchev–Trinajstić information content (AvgIpc) is 2.54. The molecule has 0 aliphatic heterocycles. The van der Waals surface area contributed by atoms with Crippen molar-refractivity contribution in [2.24, 2.45) is 7.05 Å². The van der Waals surface area contributed by atoms with Crippen molar-refractivity contribution < 1.29 is 8.42 Å². The number of nitrogens with one attached hydrogen (secondary N) is 1. The maximum atomic E-state index is 11.8. The Morgan fingerprint density at radius 3 is 2.69 bits per heavy atom. The van der Waals surface area contributed by atoms with E-state index < -0.39 is 10.0 Å².